The van der Waals surface area contributed by atoms with Crippen LogP contribution in [0.3, 0.4) is 0 Å². The molecule has 1 heterocycles. The van der Waals surface area contributed by atoms with Crippen molar-refractivity contribution >= 4 is 21.3 Å². The highest BCUT2D eigenvalue weighted by Gasteiger charge is 2.33. The lowest BCUT2D eigenvalue weighted by atomic mass is 10.1. The number of amides is 1. The number of nitrogens with one attached hydrogen (secondary N) is 2. The molecular weight excluding hydrogens is 457 g/mol. The van der Waals surface area contributed by atoms with Gasteiger partial charge < -0.3 is 10.1 Å². The molecule has 0 saturated heterocycles. The topological polar surface area (TPSA) is 92.1 Å². The minimum absolute atomic E-state index is 0.0469. The van der Waals surface area contributed by atoms with Gasteiger partial charge in [-0.1, -0.05) is 6.07 Å². The number of anilines is 1. The first-order valence-electron chi connectivity index (χ1n) is 8.70. The van der Waals surface area contributed by atoms with Gasteiger partial charge in [0, 0.05) is 29.1 Å². The molecule has 0 spiro atoms. The fraction of sp³-hybridized carbons (Fsp3) is 0.100. The average Bonchev–Trinajstić information content (AvgIpc) is 2.69. The van der Waals surface area contributed by atoms with Crippen LogP contribution in [-0.2, 0) is 15.9 Å². The summed E-state index contributed by atoms with van der Waals surface area (Å²) in [6, 6.07) is 8.10. The number of carbonyl (C=O) groups excluding carboxylic acids is 1. The van der Waals surface area contributed by atoms with Crippen LogP contribution in [-0.4, -0.2) is 21.4 Å². The Hall–Kier alpha value is -3.54. The van der Waals surface area contributed by atoms with Crippen LogP contribution >= 0.6 is 0 Å². The zero-order valence-corrected chi connectivity index (χ0v) is 17.0. The van der Waals surface area contributed by atoms with Gasteiger partial charge in [-0.15, -0.1) is 0 Å². The first-order valence-corrected chi connectivity index (χ1v) is 10.7. The van der Waals surface area contributed by atoms with E-state index in [4.69, 9.17) is 9.52 Å². The molecule has 12 heteroatoms. The Balaban J connectivity index is 2.01. The van der Waals surface area contributed by atoms with Gasteiger partial charge in [0.2, 0.25) is 5.88 Å². The normalized spacial score (nSPS) is 13.3. The molecule has 0 bridgehead atoms. The van der Waals surface area contributed by atoms with E-state index < -0.39 is 56.2 Å². The molecule has 0 aliphatic heterocycles. The molecule has 2 N–H and O–H groups in total. The fourth-order valence-corrected chi connectivity index (χ4v) is 3.22. The van der Waals surface area contributed by atoms with Crippen LogP contribution in [0.5, 0.6) is 11.6 Å². The van der Waals surface area contributed by atoms with E-state index in [-0.39, 0.29) is 10.6 Å². The number of ether oxygens (including phenoxy) is 1. The molecule has 2 aromatic carbocycles. The van der Waals surface area contributed by atoms with E-state index in [1.165, 1.54) is 24.3 Å². The van der Waals surface area contributed by atoms with Gasteiger partial charge in [-0.3, -0.25) is 4.79 Å². The molecule has 0 fully saturated rings. The quantitative estimate of drug-likeness (QED) is 0.484. The Morgan fingerprint density at radius 3 is 2.47 bits per heavy atom. The van der Waals surface area contributed by atoms with Gasteiger partial charge >= 0.3 is 6.18 Å². The zero-order chi connectivity index (χ0) is 23.7. The molecule has 6 nitrogen and oxygen atoms in total. The monoisotopic (exact) mass is 471 g/mol. The molecule has 0 saturated carbocycles. The molecule has 3 rings (SSSR count). The van der Waals surface area contributed by atoms with Gasteiger partial charge in [-0.25, -0.2) is 22.8 Å². The van der Waals surface area contributed by atoms with Crippen molar-refractivity contribution in [1.29, 1.82) is 4.78 Å². The number of nitrogens with zero attached hydrogens (tertiary/aromatic N) is 1. The Kier molecular flexibility index (Phi) is 6.17. The number of alkyl halides is 3. The Morgan fingerprint density at radius 2 is 1.84 bits per heavy atom. The van der Waals surface area contributed by atoms with E-state index in [0.29, 0.717) is 18.3 Å². The van der Waals surface area contributed by atoms with Crippen LogP contribution < -0.4 is 10.1 Å². The van der Waals surface area contributed by atoms with Gasteiger partial charge in [0.05, 0.1) is 15.3 Å². The minimum atomic E-state index is -4.83. The van der Waals surface area contributed by atoms with E-state index in [9.17, 15) is 31.0 Å². The van der Waals surface area contributed by atoms with E-state index in [0.717, 1.165) is 18.4 Å². The maximum Gasteiger partial charge on any atom is 0.417 e. The van der Waals surface area contributed by atoms with Gasteiger partial charge in [0.15, 0.2) is 11.6 Å². The first kappa shape index (κ1) is 23.1. The highest BCUT2D eigenvalue weighted by Crippen LogP contribution is 2.33. The van der Waals surface area contributed by atoms with Crippen LogP contribution in [0.1, 0.15) is 15.9 Å². The zero-order valence-electron chi connectivity index (χ0n) is 16.2. The van der Waals surface area contributed by atoms with Crippen molar-refractivity contribution in [3.05, 3.63) is 77.5 Å². The maximum absolute atomic E-state index is 13.9. The number of halogens is 5. The van der Waals surface area contributed by atoms with E-state index >= 15 is 0 Å². The highest BCUT2D eigenvalue weighted by molar-refractivity contribution is 7.91. The molecular formula is C20H14F5N3O3S. The predicted molar refractivity (Wildman–Crippen MR) is 105 cm³/mol. The molecule has 1 unspecified atom stereocenters. The van der Waals surface area contributed by atoms with Gasteiger partial charge in [0.25, 0.3) is 5.91 Å². The molecule has 1 atom stereocenters. The average molecular weight is 471 g/mol. The molecule has 0 aliphatic carbocycles. The third kappa shape index (κ3) is 5.38. The molecule has 3 aromatic rings. The second-order valence-corrected chi connectivity index (χ2v) is 8.74. The van der Waals surface area contributed by atoms with Crippen molar-refractivity contribution in [3.8, 4) is 11.6 Å². The Morgan fingerprint density at radius 1 is 1.12 bits per heavy atom. The number of pyridine rings is 1. The van der Waals surface area contributed by atoms with Crippen molar-refractivity contribution in [2.24, 2.45) is 0 Å². The number of carbonyl (C=O) groups is 1. The van der Waals surface area contributed by atoms with Gasteiger partial charge in [-0.05, 0) is 36.4 Å². The molecule has 32 heavy (non-hydrogen) atoms. The van der Waals surface area contributed by atoms with Crippen molar-refractivity contribution < 1.29 is 35.7 Å². The lowest BCUT2D eigenvalue weighted by Crippen LogP contribution is -2.16. The highest BCUT2D eigenvalue weighted by atomic mass is 32.2. The molecule has 1 aromatic heterocycles. The van der Waals surface area contributed by atoms with Crippen LogP contribution in [0.2, 0.25) is 0 Å². The Labute approximate surface area is 179 Å². The summed E-state index contributed by atoms with van der Waals surface area (Å²) in [7, 11) is -3.12. The van der Waals surface area contributed by atoms with Gasteiger partial charge in [-0.2, -0.15) is 13.2 Å². The van der Waals surface area contributed by atoms with E-state index in [2.05, 4.69) is 10.3 Å². The molecule has 1 amide bonds. The van der Waals surface area contributed by atoms with Crippen LogP contribution in [0.25, 0.3) is 0 Å². The number of hydrogen-bond donors (Lipinski definition) is 2. The summed E-state index contributed by atoms with van der Waals surface area (Å²) in [5, 5.41) is 2.31. The smallest absolute Gasteiger partial charge is 0.417 e. The number of aromatic nitrogens is 1. The maximum atomic E-state index is 13.9. The van der Waals surface area contributed by atoms with Crippen molar-refractivity contribution in [1.82, 2.24) is 4.98 Å². The Bertz CT molecular complexity index is 1290. The standard InChI is InChI=1S/C20H14F5N3O3S/c1-32(26,30)14-4-2-3-13(9-14)28-18(29)15-7-11(20(23,24)25)10-27-19(15)31-17-6-5-12(21)8-16(17)22/h2-10,26H,1H3,(H,28,29). The molecule has 168 valence electrons. The fourth-order valence-electron chi connectivity index (χ4n) is 2.53. The number of hydrogen-bond acceptors (Lipinski definition) is 5. The summed E-state index contributed by atoms with van der Waals surface area (Å²) in [5.74, 6) is -4.37. The third-order valence-corrected chi connectivity index (χ3v) is 5.22. The van der Waals surface area contributed by atoms with Crippen molar-refractivity contribution in [3.63, 3.8) is 0 Å². The van der Waals surface area contributed by atoms with E-state index in [1.807, 2.05) is 0 Å². The van der Waals surface area contributed by atoms with Crippen LogP contribution in [0.15, 0.2) is 59.6 Å². The third-order valence-electron chi connectivity index (χ3n) is 4.07. The minimum Gasteiger partial charge on any atom is -0.435 e. The largest absolute Gasteiger partial charge is 0.435 e. The summed E-state index contributed by atoms with van der Waals surface area (Å²) in [6.07, 6.45) is -3.27. The lowest BCUT2D eigenvalue weighted by Gasteiger charge is -2.14. The van der Waals surface area contributed by atoms with Crippen molar-refractivity contribution in [2.45, 2.75) is 11.1 Å². The summed E-state index contributed by atoms with van der Waals surface area (Å²) in [5.41, 5.74) is -1.89. The number of rotatable bonds is 5. The van der Waals surface area contributed by atoms with E-state index in [1.54, 1.807) is 0 Å². The van der Waals surface area contributed by atoms with Crippen LogP contribution in [0, 0.1) is 16.4 Å². The first-order chi connectivity index (χ1) is 14.8. The van der Waals surface area contributed by atoms with Crippen LogP contribution in [0.4, 0.5) is 27.6 Å². The summed E-state index contributed by atoms with van der Waals surface area (Å²) in [6.45, 7) is 0. The predicted octanol–water partition coefficient (Wildman–Crippen LogP) is 5.46. The molecule has 0 aliphatic rings. The summed E-state index contributed by atoms with van der Waals surface area (Å²) in [4.78, 5) is 16.3. The summed E-state index contributed by atoms with van der Waals surface area (Å²) < 4.78 is 91.1. The second kappa shape index (κ2) is 8.54. The second-order valence-electron chi connectivity index (χ2n) is 6.58. The number of benzene rings is 2. The summed E-state index contributed by atoms with van der Waals surface area (Å²) >= 11 is 0. The lowest BCUT2D eigenvalue weighted by molar-refractivity contribution is -0.137. The SMILES string of the molecule is CS(=N)(=O)c1cccc(NC(=O)c2cc(C(F)(F)F)cnc2Oc2ccc(F)cc2F)c1. The van der Waals surface area contributed by atoms with Gasteiger partial charge in [0.1, 0.15) is 11.4 Å². The van der Waals surface area contributed by atoms with Crippen molar-refractivity contribution in [2.75, 3.05) is 11.6 Å². The molecule has 0 radical (unpaired) electrons.